The normalized spacial score (nSPS) is 16.9. The summed E-state index contributed by atoms with van der Waals surface area (Å²) >= 11 is 3.20. The molecule has 0 bridgehead atoms. The van der Waals surface area contributed by atoms with Gasteiger partial charge in [0.05, 0.1) is 18.4 Å². The number of ether oxygens (including phenoxy) is 1. The molecule has 30 heavy (non-hydrogen) atoms. The standard InChI is InChI=1S/C22H25BrFN3O3/c1-15-14-27(18-6-3-16(4-7-18)22(29)30-2)12-11-26(15)10-9-21(28)25-20-8-5-17(23)13-19(20)24/h3-8,13,15H,9-12,14H2,1-2H3,(H,25,28). The van der Waals surface area contributed by atoms with Gasteiger partial charge in [0.15, 0.2) is 0 Å². The summed E-state index contributed by atoms with van der Waals surface area (Å²) in [6, 6.07) is 12.2. The number of benzene rings is 2. The van der Waals surface area contributed by atoms with Gasteiger partial charge in [-0.2, -0.15) is 0 Å². The van der Waals surface area contributed by atoms with Crippen molar-refractivity contribution in [2.24, 2.45) is 0 Å². The predicted molar refractivity (Wildman–Crippen MR) is 118 cm³/mol. The molecule has 6 nitrogen and oxygen atoms in total. The van der Waals surface area contributed by atoms with E-state index in [0.29, 0.717) is 23.0 Å². The number of anilines is 2. The molecule has 160 valence electrons. The summed E-state index contributed by atoms with van der Waals surface area (Å²) in [6.07, 6.45) is 0.299. The molecule has 1 N–H and O–H groups in total. The highest BCUT2D eigenvalue weighted by molar-refractivity contribution is 9.10. The number of hydrogen-bond acceptors (Lipinski definition) is 5. The van der Waals surface area contributed by atoms with Crippen LogP contribution in [-0.4, -0.2) is 56.1 Å². The first-order valence-corrected chi connectivity index (χ1v) is 10.6. The van der Waals surface area contributed by atoms with Crippen molar-refractivity contribution in [3.63, 3.8) is 0 Å². The monoisotopic (exact) mass is 477 g/mol. The van der Waals surface area contributed by atoms with Gasteiger partial charge in [-0.05, 0) is 49.4 Å². The van der Waals surface area contributed by atoms with Gasteiger partial charge in [0.1, 0.15) is 5.82 Å². The van der Waals surface area contributed by atoms with E-state index >= 15 is 0 Å². The minimum absolute atomic E-state index is 0.191. The van der Waals surface area contributed by atoms with Crippen molar-refractivity contribution in [3.05, 3.63) is 58.3 Å². The van der Waals surface area contributed by atoms with Gasteiger partial charge < -0.3 is 15.0 Å². The molecule has 1 unspecified atom stereocenters. The fourth-order valence-electron chi connectivity index (χ4n) is 3.54. The summed E-state index contributed by atoms with van der Waals surface area (Å²) in [5, 5.41) is 2.64. The first-order chi connectivity index (χ1) is 14.4. The number of carbonyl (C=O) groups excluding carboxylic acids is 2. The maximum Gasteiger partial charge on any atom is 0.337 e. The Morgan fingerprint density at radius 1 is 1.20 bits per heavy atom. The highest BCUT2D eigenvalue weighted by Gasteiger charge is 2.24. The van der Waals surface area contributed by atoms with Crippen molar-refractivity contribution in [2.75, 3.05) is 43.5 Å². The van der Waals surface area contributed by atoms with Gasteiger partial charge in [-0.3, -0.25) is 9.69 Å². The van der Waals surface area contributed by atoms with E-state index in [1.807, 2.05) is 12.1 Å². The van der Waals surface area contributed by atoms with Gasteiger partial charge in [0.2, 0.25) is 5.91 Å². The van der Waals surface area contributed by atoms with Crippen LogP contribution >= 0.6 is 15.9 Å². The number of piperazine rings is 1. The lowest BCUT2D eigenvalue weighted by Gasteiger charge is -2.41. The first-order valence-electron chi connectivity index (χ1n) is 9.79. The summed E-state index contributed by atoms with van der Waals surface area (Å²) in [4.78, 5) is 28.3. The molecule has 1 aliphatic rings. The van der Waals surface area contributed by atoms with Gasteiger partial charge in [-0.1, -0.05) is 15.9 Å². The Kier molecular flexibility index (Phi) is 7.44. The van der Waals surface area contributed by atoms with Gasteiger partial charge in [-0.15, -0.1) is 0 Å². The molecule has 2 aromatic rings. The molecule has 0 saturated carbocycles. The van der Waals surface area contributed by atoms with Crippen LogP contribution < -0.4 is 10.2 Å². The number of rotatable bonds is 6. The van der Waals surface area contributed by atoms with Crippen molar-refractivity contribution >= 4 is 39.2 Å². The third-order valence-electron chi connectivity index (χ3n) is 5.25. The maximum absolute atomic E-state index is 13.9. The largest absolute Gasteiger partial charge is 0.465 e. The van der Waals surface area contributed by atoms with E-state index in [4.69, 9.17) is 4.74 Å². The van der Waals surface area contributed by atoms with Gasteiger partial charge in [0.25, 0.3) is 0 Å². The molecule has 0 aliphatic carbocycles. The maximum atomic E-state index is 13.9. The SMILES string of the molecule is COC(=O)c1ccc(N2CCN(CCC(=O)Nc3ccc(Br)cc3F)C(C)C2)cc1. The molecule has 1 heterocycles. The van der Waals surface area contributed by atoms with Crippen LogP contribution in [0.2, 0.25) is 0 Å². The van der Waals surface area contributed by atoms with Crippen LogP contribution in [0.5, 0.6) is 0 Å². The zero-order chi connectivity index (χ0) is 21.7. The molecule has 0 radical (unpaired) electrons. The molecule has 1 amide bonds. The minimum atomic E-state index is -0.460. The zero-order valence-electron chi connectivity index (χ0n) is 17.0. The number of carbonyl (C=O) groups is 2. The third kappa shape index (κ3) is 5.58. The quantitative estimate of drug-likeness (QED) is 0.638. The summed E-state index contributed by atoms with van der Waals surface area (Å²) < 4.78 is 19.2. The molecule has 1 aliphatic heterocycles. The summed E-state index contributed by atoms with van der Waals surface area (Å²) in [5.74, 6) is -1.01. The average Bonchev–Trinajstić information content (AvgIpc) is 2.74. The summed E-state index contributed by atoms with van der Waals surface area (Å²) in [5.41, 5.74) is 1.77. The zero-order valence-corrected chi connectivity index (χ0v) is 18.6. The van der Waals surface area contributed by atoms with Crippen LogP contribution in [0.25, 0.3) is 0 Å². The molecule has 0 aromatic heterocycles. The first kappa shape index (κ1) is 22.2. The molecule has 2 aromatic carbocycles. The molecule has 0 spiro atoms. The number of esters is 1. The number of halogens is 2. The highest BCUT2D eigenvalue weighted by atomic mass is 79.9. The van der Waals surface area contributed by atoms with Crippen LogP contribution in [0, 0.1) is 5.82 Å². The number of methoxy groups -OCH3 is 1. The predicted octanol–water partition coefficient (Wildman–Crippen LogP) is 3.91. The van der Waals surface area contributed by atoms with E-state index in [0.717, 1.165) is 25.3 Å². The second kappa shape index (κ2) is 10.0. The van der Waals surface area contributed by atoms with Crippen molar-refractivity contribution in [2.45, 2.75) is 19.4 Å². The van der Waals surface area contributed by atoms with E-state index in [1.165, 1.54) is 13.2 Å². The van der Waals surface area contributed by atoms with Crippen LogP contribution in [-0.2, 0) is 9.53 Å². The average molecular weight is 478 g/mol. The Labute approximate surface area is 184 Å². The summed E-state index contributed by atoms with van der Waals surface area (Å²) in [7, 11) is 1.37. The lowest BCUT2D eigenvalue weighted by molar-refractivity contribution is -0.116. The minimum Gasteiger partial charge on any atom is -0.465 e. The van der Waals surface area contributed by atoms with Crippen molar-refractivity contribution in [1.29, 1.82) is 0 Å². The molecule has 1 atom stereocenters. The molecular formula is C22H25BrFN3O3. The van der Waals surface area contributed by atoms with Crippen LogP contribution in [0.4, 0.5) is 15.8 Å². The van der Waals surface area contributed by atoms with Crippen molar-refractivity contribution in [1.82, 2.24) is 4.90 Å². The van der Waals surface area contributed by atoms with Crippen LogP contribution in [0.15, 0.2) is 46.9 Å². The number of nitrogens with one attached hydrogen (secondary N) is 1. The van der Waals surface area contributed by atoms with E-state index < -0.39 is 5.82 Å². The third-order valence-corrected chi connectivity index (χ3v) is 5.74. The second-order valence-electron chi connectivity index (χ2n) is 7.29. The fourth-order valence-corrected chi connectivity index (χ4v) is 3.87. The number of nitrogens with zero attached hydrogens (tertiary/aromatic N) is 2. The van der Waals surface area contributed by atoms with Gasteiger partial charge in [-0.25, -0.2) is 9.18 Å². The van der Waals surface area contributed by atoms with Crippen LogP contribution in [0.1, 0.15) is 23.7 Å². The molecular weight excluding hydrogens is 453 g/mol. The topological polar surface area (TPSA) is 61.9 Å². The number of hydrogen-bond donors (Lipinski definition) is 1. The fraction of sp³-hybridized carbons (Fsp3) is 0.364. The van der Waals surface area contributed by atoms with E-state index in [9.17, 15) is 14.0 Å². The molecule has 3 rings (SSSR count). The Bertz CT molecular complexity index is 907. The Balaban J connectivity index is 1.49. The lowest BCUT2D eigenvalue weighted by Crippen LogP contribution is -2.52. The van der Waals surface area contributed by atoms with Crippen molar-refractivity contribution < 1.29 is 18.7 Å². The molecule has 1 fully saturated rings. The Hall–Kier alpha value is -2.45. The molecule has 8 heteroatoms. The van der Waals surface area contributed by atoms with E-state index in [-0.39, 0.29) is 23.6 Å². The second-order valence-corrected chi connectivity index (χ2v) is 8.21. The van der Waals surface area contributed by atoms with Crippen LogP contribution in [0.3, 0.4) is 0 Å². The Morgan fingerprint density at radius 3 is 2.57 bits per heavy atom. The van der Waals surface area contributed by atoms with Gasteiger partial charge >= 0.3 is 5.97 Å². The summed E-state index contributed by atoms with van der Waals surface area (Å²) in [6.45, 7) is 5.20. The number of amides is 1. The Morgan fingerprint density at radius 2 is 1.93 bits per heavy atom. The molecule has 1 saturated heterocycles. The van der Waals surface area contributed by atoms with Crippen molar-refractivity contribution in [3.8, 4) is 0 Å². The highest BCUT2D eigenvalue weighted by Crippen LogP contribution is 2.21. The smallest absolute Gasteiger partial charge is 0.337 e. The van der Waals surface area contributed by atoms with E-state index in [2.05, 4.69) is 38.0 Å². The lowest BCUT2D eigenvalue weighted by atomic mass is 10.1. The van der Waals surface area contributed by atoms with Gasteiger partial charge in [0, 0.05) is 48.8 Å². The van der Waals surface area contributed by atoms with E-state index in [1.54, 1.807) is 24.3 Å².